The number of fused-ring (bicyclic) bond motifs is 1. The van der Waals surface area contributed by atoms with Crippen molar-refractivity contribution in [2.24, 2.45) is 0 Å². The third-order valence-electron chi connectivity index (χ3n) is 6.59. The highest BCUT2D eigenvalue weighted by atomic mass is 16.3. The standard InChI is InChI=1S/C29H39NO4/c1-2-3-4-5-6-7-8-9-10-11-12-16-19-30-24-20-23(31)21-25(32)26(24)28(33)29(34)27(30)22-17-14-13-15-18-22/h13-15,17-18,20-21,31-32,34H,2-12,16,19H2,1H3. The predicted octanol–water partition coefficient (Wildman–Crippen LogP) is 7.49. The quantitative estimate of drug-likeness (QED) is 0.215. The van der Waals surface area contributed by atoms with Crippen LogP contribution in [-0.2, 0) is 6.54 Å². The van der Waals surface area contributed by atoms with Gasteiger partial charge < -0.3 is 19.9 Å². The Morgan fingerprint density at radius 1 is 0.735 bits per heavy atom. The number of pyridine rings is 1. The lowest BCUT2D eigenvalue weighted by atomic mass is 10.0. The summed E-state index contributed by atoms with van der Waals surface area (Å²) in [6.45, 7) is 2.83. The Morgan fingerprint density at radius 2 is 1.29 bits per heavy atom. The summed E-state index contributed by atoms with van der Waals surface area (Å²) in [6.07, 6.45) is 14.9. The van der Waals surface area contributed by atoms with Gasteiger partial charge in [-0.2, -0.15) is 0 Å². The first-order chi connectivity index (χ1) is 16.5. The van der Waals surface area contributed by atoms with Crippen LogP contribution in [0.5, 0.6) is 17.2 Å². The molecule has 184 valence electrons. The first-order valence-corrected chi connectivity index (χ1v) is 12.9. The number of benzene rings is 2. The second-order valence-electron chi connectivity index (χ2n) is 9.29. The first kappa shape index (κ1) is 25.7. The van der Waals surface area contributed by atoms with Crippen molar-refractivity contribution in [3.8, 4) is 28.5 Å². The number of aryl methyl sites for hydroxylation is 1. The van der Waals surface area contributed by atoms with Crippen molar-refractivity contribution in [3.63, 3.8) is 0 Å². The van der Waals surface area contributed by atoms with Gasteiger partial charge in [0.1, 0.15) is 11.5 Å². The fraction of sp³-hybridized carbons (Fsp3) is 0.483. The molecule has 0 saturated heterocycles. The lowest BCUT2D eigenvalue weighted by Gasteiger charge is -2.19. The van der Waals surface area contributed by atoms with E-state index in [1.807, 2.05) is 34.9 Å². The highest BCUT2D eigenvalue weighted by Gasteiger charge is 2.20. The number of unbranched alkanes of at least 4 members (excludes halogenated alkanes) is 11. The zero-order valence-electron chi connectivity index (χ0n) is 20.4. The maximum atomic E-state index is 12.9. The number of rotatable bonds is 14. The Morgan fingerprint density at radius 3 is 1.88 bits per heavy atom. The fourth-order valence-corrected chi connectivity index (χ4v) is 4.75. The van der Waals surface area contributed by atoms with Crippen LogP contribution in [-0.4, -0.2) is 19.9 Å². The second-order valence-corrected chi connectivity index (χ2v) is 9.29. The van der Waals surface area contributed by atoms with Gasteiger partial charge in [0.15, 0.2) is 5.75 Å². The van der Waals surface area contributed by atoms with E-state index in [9.17, 15) is 20.1 Å². The molecule has 5 nitrogen and oxygen atoms in total. The van der Waals surface area contributed by atoms with Crippen LogP contribution in [0, 0.1) is 0 Å². The van der Waals surface area contributed by atoms with Gasteiger partial charge >= 0.3 is 0 Å². The summed E-state index contributed by atoms with van der Waals surface area (Å²) in [6, 6.07) is 11.9. The van der Waals surface area contributed by atoms with Gasteiger partial charge in [0, 0.05) is 24.2 Å². The van der Waals surface area contributed by atoms with Crippen molar-refractivity contribution in [2.75, 3.05) is 0 Å². The first-order valence-electron chi connectivity index (χ1n) is 12.9. The van der Waals surface area contributed by atoms with Crippen LogP contribution in [0.4, 0.5) is 0 Å². The molecule has 0 amide bonds. The number of nitrogens with zero attached hydrogens (tertiary/aromatic N) is 1. The van der Waals surface area contributed by atoms with Gasteiger partial charge in [-0.1, -0.05) is 108 Å². The van der Waals surface area contributed by atoms with Gasteiger partial charge in [-0.05, 0) is 6.42 Å². The molecule has 0 fully saturated rings. The SMILES string of the molecule is CCCCCCCCCCCCCCn1c(-c2ccccc2)c(O)c(=O)c2c(O)cc(O)cc21. The van der Waals surface area contributed by atoms with Gasteiger partial charge in [-0.25, -0.2) is 0 Å². The van der Waals surface area contributed by atoms with E-state index in [2.05, 4.69) is 6.92 Å². The van der Waals surface area contributed by atoms with Gasteiger partial charge in [0.25, 0.3) is 0 Å². The molecule has 34 heavy (non-hydrogen) atoms. The molecule has 1 heterocycles. The third kappa shape index (κ3) is 6.55. The number of hydrogen-bond donors (Lipinski definition) is 3. The summed E-state index contributed by atoms with van der Waals surface area (Å²) in [7, 11) is 0. The van der Waals surface area contributed by atoms with E-state index < -0.39 is 5.43 Å². The van der Waals surface area contributed by atoms with Crippen molar-refractivity contribution in [3.05, 3.63) is 52.7 Å². The fourth-order valence-electron chi connectivity index (χ4n) is 4.75. The van der Waals surface area contributed by atoms with E-state index in [-0.39, 0.29) is 22.6 Å². The molecule has 1 aromatic heterocycles. The summed E-state index contributed by atoms with van der Waals surface area (Å²) < 4.78 is 1.86. The van der Waals surface area contributed by atoms with E-state index in [1.165, 1.54) is 63.9 Å². The molecule has 0 saturated carbocycles. The Kier molecular flexibility index (Phi) is 9.87. The smallest absolute Gasteiger partial charge is 0.235 e. The van der Waals surface area contributed by atoms with Gasteiger partial charge in [0.05, 0.1) is 16.6 Å². The van der Waals surface area contributed by atoms with Crippen LogP contribution >= 0.6 is 0 Å². The van der Waals surface area contributed by atoms with E-state index in [0.717, 1.165) is 30.9 Å². The molecular weight excluding hydrogens is 426 g/mol. The van der Waals surface area contributed by atoms with Crippen LogP contribution < -0.4 is 5.43 Å². The Bertz CT molecular complexity index is 1100. The minimum atomic E-state index is -0.628. The molecule has 0 aliphatic carbocycles. The predicted molar refractivity (Wildman–Crippen MR) is 140 cm³/mol. The minimum Gasteiger partial charge on any atom is -0.508 e. The van der Waals surface area contributed by atoms with E-state index in [0.29, 0.717) is 17.8 Å². The zero-order chi connectivity index (χ0) is 24.3. The summed E-state index contributed by atoms with van der Waals surface area (Å²) in [4.78, 5) is 12.9. The highest BCUT2D eigenvalue weighted by Crippen LogP contribution is 2.35. The number of aromatic nitrogens is 1. The molecular formula is C29H39NO4. The Labute approximate surface area is 202 Å². The molecule has 3 aromatic rings. The van der Waals surface area contributed by atoms with Crippen LogP contribution in [0.2, 0.25) is 0 Å². The molecule has 3 rings (SSSR count). The van der Waals surface area contributed by atoms with E-state index >= 15 is 0 Å². The summed E-state index contributed by atoms with van der Waals surface area (Å²) in [5, 5.41) is 31.3. The summed E-state index contributed by atoms with van der Waals surface area (Å²) in [5.74, 6) is -0.811. The van der Waals surface area contributed by atoms with Crippen molar-refractivity contribution in [1.82, 2.24) is 4.57 Å². The normalized spacial score (nSPS) is 11.3. The molecule has 2 aromatic carbocycles. The molecule has 0 atom stereocenters. The summed E-state index contributed by atoms with van der Waals surface area (Å²) >= 11 is 0. The topological polar surface area (TPSA) is 82.7 Å². The molecule has 0 unspecified atom stereocenters. The van der Waals surface area contributed by atoms with Crippen molar-refractivity contribution in [1.29, 1.82) is 0 Å². The minimum absolute atomic E-state index is 0.0360. The number of phenols is 2. The van der Waals surface area contributed by atoms with Crippen LogP contribution in [0.15, 0.2) is 47.3 Å². The highest BCUT2D eigenvalue weighted by molar-refractivity contribution is 5.91. The zero-order valence-corrected chi connectivity index (χ0v) is 20.4. The number of phenolic OH excluding ortho intramolecular Hbond substituents is 2. The molecule has 0 radical (unpaired) electrons. The molecule has 0 spiro atoms. The van der Waals surface area contributed by atoms with E-state index in [4.69, 9.17) is 0 Å². The third-order valence-corrected chi connectivity index (χ3v) is 6.59. The van der Waals surface area contributed by atoms with Gasteiger partial charge in [-0.3, -0.25) is 4.79 Å². The average molecular weight is 466 g/mol. The van der Waals surface area contributed by atoms with Gasteiger partial charge in [-0.15, -0.1) is 0 Å². The number of hydrogen-bond acceptors (Lipinski definition) is 4. The maximum Gasteiger partial charge on any atom is 0.235 e. The van der Waals surface area contributed by atoms with Gasteiger partial charge in [0.2, 0.25) is 5.43 Å². The van der Waals surface area contributed by atoms with Crippen LogP contribution in [0.3, 0.4) is 0 Å². The Balaban J connectivity index is 1.66. The second kappa shape index (κ2) is 13.1. The monoisotopic (exact) mass is 465 g/mol. The van der Waals surface area contributed by atoms with Crippen molar-refractivity contribution in [2.45, 2.75) is 90.5 Å². The molecule has 3 N–H and O–H groups in total. The van der Waals surface area contributed by atoms with Crippen LogP contribution in [0.25, 0.3) is 22.2 Å². The Hall–Kier alpha value is -2.95. The van der Waals surface area contributed by atoms with Crippen molar-refractivity contribution >= 4 is 10.9 Å². The lowest BCUT2D eigenvalue weighted by Crippen LogP contribution is -2.13. The van der Waals surface area contributed by atoms with E-state index in [1.54, 1.807) is 0 Å². The van der Waals surface area contributed by atoms with Crippen molar-refractivity contribution < 1.29 is 15.3 Å². The molecule has 0 aliphatic heterocycles. The van der Waals surface area contributed by atoms with Crippen LogP contribution in [0.1, 0.15) is 84.0 Å². The maximum absolute atomic E-state index is 12.9. The number of aromatic hydroxyl groups is 3. The molecule has 5 heteroatoms. The average Bonchev–Trinajstić information content (AvgIpc) is 2.83. The summed E-state index contributed by atoms with van der Waals surface area (Å²) in [5.41, 5.74) is 0.950. The molecule has 0 bridgehead atoms. The largest absolute Gasteiger partial charge is 0.508 e. The molecule has 0 aliphatic rings. The lowest BCUT2D eigenvalue weighted by molar-refractivity contribution is 0.449.